The summed E-state index contributed by atoms with van der Waals surface area (Å²) >= 11 is 5.63. The van der Waals surface area contributed by atoms with Gasteiger partial charge in [0, 0.05) is 0 Å². The molecule has 0 aliphatic heterocycles. The topological polar surface area (TPSA) is 37.3 Å². The van der Waals surface area contributed by atoms with Gasteiger partial charge in [-0.25, -0.2) is 4.39 Å². The normalized spacial score (nSPS) is 12.2. The molecular weight excluding hydrogens is 279 g/mol. The number of hydrogen-bond acceptors (Lipinski definition) is 1. The lowest BCUT2D eigenvalue weighted by molar-refractivity contribution is -0.138. The Morgan fingerprint density at radius 2 is 2.00 bits per heavy atom. The molecule has 2 rings (SSSR count). The highest BCUT2D eigenvalue weighted by molar-refractivity contribution is 6.30. The number of benzene rings is 2. The second-order valence-electron chi connectivity index (χ2n) is 4.70. The summed E-state index contributed by atoms with van der Waals surface area (Å²) < 4.78 is 13.4. The van der Waals surface area contributed by atoms with E-state index in [9.17, 15) is 14.3 Å². The lowest BCUT2D eigenvalue weighted by atomic mass is 9.89. The third-order valence-corrected chi connectivity index (χ3v) is 3.59. The number of carbonyl (C=O) groups is 1. The average molecular weight is 293 g/mol. The summed E-state index contributed by atoms with van der Waals surface area (Å²) in [5.41, 5.74) is 2.27. The van der Waals surface area contributed by atoms with E-state index in [1.807, 2.05) is 19.1 Å². The van der Waals surface area contributed by atoms with Gasteiger partial charge in [-0.3, -0.25) is 4.79 Å². The van der Waals surface area contributed by atoms with Crippen molar-refractivity contribution < 1.29 is 14.3 Å². The summed E-state index contributed by atoms with van der Waals surface area (Å²) in [7, 11) is 0. The highest BCUT2D eigenvalue weighted by Gasteiger charge is 2.22. The van der Waals surface area contributed by atoms with Gasteiger partial charge < -0.3 is 5.11 Å². The Bertz CT molecular complexity index is 640. The molecule has 0 saturated carbocycles. The van der Waals surface area contributed by atoms with Crippen molar-refractivity contribution in [3.63, 3.8) is 0 Å². The zero-order chi connectivity index (χ0) is 14.7. The van der Waals surface area contributed by atoms with E-state index >= 15 is 0 Å². The molecule has 0 aliphatic carbocycles. The van der Waals surface area contributed by atoms with Gasteiger partial charge >= 0.3 is 5.97 Å². The fraction of sp³-hybridized carbons (Fsp3) is 0.188. The molecule has 0 aromatic heterocycles. The molecule has 0 heterocycles. The van der Waals surface area contributed by atoms with Crippen LogP contribution in [0.15, 0.2) is 42.5 Å². The molecule has 104 valence electrons. The molecule has 0 aliphatic rings. The second-order valence-corrected chi connectivity index (χ2v) is 5.11. The number of hydrogen-bond donors (Lipinski definition) is 1. The van der Waals surface area contributed by atoms with E-state index in [4.69, 9.17) is 11.6 Å². The molecule has 2 aromatic rings. The number of halogens is 2. The van der Waals surface area contributed by atoms with E-state index in [2.05, 4.69) is 0 Å². The van der Waals surface area contributed by atoms with E-state index in [-0.39, 0.29) is 11.4 Å². The maximum atomic E-state index is 13.4. The van der Waals surface area contributed by atoms with Crippen LogP contribution in [0.3, 0.4) is 0 Å². The van der Waals surface area contributed by atoms with Crippen molar-refractivity contribution in [3.8, 4) is 0 Å². The van der Waals surface area contributed by atoms with Crippen LogP contribution in [0.1, 0.15) is 22.6 Å². The van der Waals surface area contributed by atoms with Gasteiger partial charge in [0.1, 0.15) is 5.82 Å². The molecule has 2 aromatic carbocycles. The van der Waals surface area contributed by atoms with Crippen LogP contribution < -0.4 is 0 Å². The predicted octanol–water partition coefficient (Wildman–Crippen LogP) is 4.20. The molecule has 0 radical (unpaired) electrons. The van der Waals surface area contributed by atoms with Crippen molar-refractivity contribution in [2.45, 2.75) is 19.3 Å². The average Bonchev–Trinajstić information content (AvgIpc) is 2.41. The van der Waals surface area contributed by atoms with Crippen molar-refractivity contribution in [1.82, 2.24) is 0 Å². The van der Waals surface area contributed by atoms with E-state index in [1.54, 1.807) is 18.2 Å². The molecule has 20 heavy (non-hydrogen) atoms. The summed E-state index contributed by atoms with van der Waals surface area (Å²) in [6.45, 7) is 1.87. The smallest absolute Gasteiger partial charge is 0.311 e. The summed E-state index contributed by atoms with van der Waals surface area (Å²) in [5, 5.41) is 9.45. The number of carboxylic acid groups (broad SMARTS) is 1. The molecule has 0 saturated heterocycles. The first kappa shape index (κ1) is 14.5. The predicted molar refractivity (Wildman–Crippen MR) is 76.7 cm³/mol. The van der Waals surface area contributed by atoms with Crippen molar-refractivity contribution in [1.29, 1.82) is 0 Å². The first-order valence-electron chi connectivity index (χ1n) is 6.21. The largest absolute Gasteiger partial charge is 0.481 e. The molecule has 0 spiro atoms. The minimum Gasteiger partial charge on any atom is -0.481 e. The van der Waals surface area contributed by atoms with Gasteiger partial charge in [-0.2, -0.15) is 0 Å². The van der Waals surface area contributed by atoms with E-state index in [1.165, 1.54) is 12.1 Å². The Morgan fingerprint density at radius 3 is 2.60 bits per heavy atom. The van der Waals surface area contributed by atoms with Crippen LogP contribution in [0.4, 0.5) is 4.39 Å². The Kier molecular flexibility index (Phi) is 4.40. The Hall–Kier alpha value is -1.87. The van der Waals surface area contributed by atoms with Crippen LogP contribution in [0, 0.1) is 12.7 Å². The van der Waals surface area contributed by atoms with Crippen LogP contribution in [0.2, 0.25) is 5.02 Å². The SMILES string of the molecule is Cc1ccccc1C(Cc1ccc(Cl)c(F)c1)C(=O)O. The molecule has 0 fully saturated rings. The van der Waals surface area contributed by atoms with Crippen molar-refractivity contribution in [2.24, 2.45) is 0 Å². The van der Waals surface area contributed by atoms with Crippen LogP contribution in [-0.4, -0.2) is 11.1 Å². The van der Waals surface area contributed by atoms with Gasteiger partial charge in [0.05, 0.1) is 10.9 Å². The molecule has 4 heteroatoms. The quantitative estimate of drug-likeness (QED) is 0.917. The van der Waals surface area contributed by atoms with Gasteiger partial charge in [0.15, 0.2) is 0 Å². The Labute approximate surface area is 121 Å². The van der Waals surface area contributed by atoms with Gasteiger partial charge in [0.25, 0.3) is 0 Å². The van der Waals surface area contributed by atoms with Gasteiger partial charge in [0.2, 0.25) is 0 Å². The van der Waals surface area contributed by atoms with E-state index in [0.717, 1.165) is 11.1 Å². The van der Waals surface area contributed by atoms with Gasteiger partial charge in [-0.05, 0) is 42.2 Å². The minimum atomic E-state index is -0.922. The molecule has 2 nitrogen and oxygen atoms in total. The van der Waals surface area contributed by atoms with Gasteiger partial charge in [-0.15, -0.1) is 0 Å². The van der Waals surface area contributed by atoms with Crippen molar-refractivity contribution >= 4 is 17.6 Å². The summed E-state index contributed by atoms with van der Waals surface area (Å²) in [6.07, 6.45) is 0.230. The number of carboxylic acids is 1. The van der Waals surface area contributed by atoms with Crippen molar-refractivity contribution in [3.05, 3.63) is 70.0 Å². The zero-order valence-corrected chi connectivity index (χ0v) is 11.7. The zero-order valence-electron chi connectivity index (χ0n) is 10.9. The lowest BCUT2D eigenvalue weighted by Crippen LogP contribution is -2.15. The maximum Gasteiger partial charge on any atom is 0.311 e. The third kappa shape index (κ3) is 3.17. The highest BCUT2D eigenvalue weighted by atomic mass is 35.5. The molecule has 0 amide bonds. The Balaban J connectivity index is 2.33. The number of rotatable bonds is 4. The van der Waals surface area contributed by atoms with E-state index < -0.39 is 17.7 Å². The molecule has 0 bridgehead atoms. The lowest BCUT2D eigenvalue weighted by Gasteiger charge is -2.15. The fourth-order valence-electron chi connectivity index (χ4n) is 2.21. The van der Waals surface area contributed by atoms with Gasteiger partial charge in [-0.1, -0.05) is 41.9 Å². The highest BCUT2D eigenvalue weighted by Crippen LogP contribution is 2.26. The van der Waals surface area contributed by atoms with Crippen LogP contribution in [0.25, 0.3) is 0 Å². The third-order valence-electron chi connectivity index (χ3n) is 3.29. The monoisotopic (exact) mass is 292 g/mol. The summed E-state index contributed by atoms with van der Waals surface area (Å²) in [4.78, 5) is 11.5. The van der Waals surface area contributed by atoms with Crippen molar-refractivity contribution in [2.75, 3.05) is 0 Å². The molecule has 1 N–H and O–H groups in total. The molecule has 1 unspecified atom stereocenters. The summed E-state index contributed by atoms with van der Waals surface area (Å²) in [5.74, 6) is -2.15. The standard InChI is InChI=1S/C16H14ClFO2/c1-10-4-2-3-5-12(10)13(16(19)20)8-11-6-7-14(17)15(18)9-11/h2-7,9,13H,8H2,1H3,(H,19,20). The van der Waals surface area contributed by atoms with E-state index in [0.29, 0.717) is 5.56 Å². The first-order chi connectivity index (χ1) is 9.49. The minimum absolute atomic E-state index is 0.0384. The molecule has 1 atom stereocenters. The number of aryl methyl sites for hydroxylation is 1. The maximum absolute atomic E-state index is 13.4. The first-order valence-corrected chi connectivity index (χ1v) is 6.59. The fourth-order valence-corrected chi connectivity index (χ4v) is 2.33. The van der Waals surface area contributed by atoms with Crippen LogP contribution >= 0.6 is 11.6 Å². The van der Waals surface area contributed by atoms with Crippen LogP contribution in [-0.2, 0) is 11.2 Å². The number of aliphatic carboxylic acids is 1. The molecular formula is C16H14ClFO2. The summed E-state index contributed by atoms with van der Waals surface area (Å²) in [6, 6.07) is 11.7. The Morgan fingerprint density at radius 1 is 1.30 bits per heavy atom. The van der Waals surface area contributed by atoms with Crippen LogP contribution in [0.5, 0.6) is 0 Å². The second kappa shape index (κ2) is 6.06.